The van der Waals surface area contributed by atoms with Crippen LogP contribution in [0.2, 0.25) is 0 Å². The second-order valence-electron chi connectivity index (χ2n) is 4.91. The van der Waals surface area contributed by atoms with E-state index >= 15 is 0 Å². The molecule has 136 valence electrons. The number of nitrogens with one attached hydrogen (secondary N) is 1. The fourth-order valence-electron chi connectivity index (χ4n) is 1.93. The highest BCUT2D eigenvalue weighted by Crippen LogP contribution is 2.32. The van der Waals surface area contributed by atoms with E-state index < -0.39 is 40.7 Å². The van der Waals surface area contributed by atoms with E-state index in [1.807, 2.05) is 0 Å². The molecule has 0 aliphatic heterocycles. The number of halogens is 6. The van der Waals surface area contributed by atoms with Gasteiger partial charge in [-0.05, 0) is 36.9 Å². The largest absolute Gasteiger partial charge is 0.442 e. The van der Waals surface area contributed by atoms with Crippen LogP contribution in [0.5, 0.6) is 0 Å². The number of thioether (sulfide) groups is 1. The summed E-state index contributed by atoms with van der Waals surface area (Å²) in [5.74, 6) is -1.85. The average molecular weight is 383 g/mol. The van der Waals surface area contributed by atoms with E-state index in [2.05, 4.69) is 10.4 Å². The predicted molar refractivity (Wildman–Crippen MR) is 80.4 cm³/mol. The molecule has 0 bridgehead atoms. The van der Waals surface area contributed by atoms with Crippen LogP contribution < -0.4 is 5.32 Å². The van der Waals surface area contributed by atoms with Crippen molar-refractivity contribution in [3.05, 3.63) is 41.6 Å². The minimum atomic E-state index is -4.56. The molecule has 1 aromatic heterocycles. The molecule has 4 nitrogen and oxygen atoms in total. The highest BCUT2D eigenvalue weighted by Gasteiger charge is 2.31. The third-order valence-electron chi connectivity index (χ3n) is 2.88. The van der Waals surface area contributed by atoms with Gasteiger partial charge in [0.2, 0.25) is 5.91 Å². The maximum atomic E-state index is 12.8. The van der Waals surface area contributed by atoms with E-state index in [0.717, 1.165) is 16.8 Å². The monoisotopic (exact) mass is 383 g/mol. The molecular weight excluding hydrogens is 372 g/mol. The van der Waals surface area contributed by atoms with Crippen LogP contribution in [-0.2, 0) is 11.0 Å². The number of rotatable bonds is 4. The smallest absolute Gasteiger partial charge is 0.310 e. The van der Waals surface area contributed by atoms with Crippen LogP contribution in [0.1, 0.15) is 11.3 Å². The maximum Gasteiger partial charge on any atom is 0.442 e. The first-order valence-electron chi connectivity index (χ1n) is 6.70. The molecule has 1 aromatic carbocycles. The Kier molecular flexibility index (Phi) is 5.35. The lowest BCUT2D eigenvalue weighted by Crippen LogP contribution is -2.19. The van der Waals surface area contributed by atoms with Gasteiger partial charge in [0.25, 0.3) is 0 Å². The van der Waals surface area contributed by atoms with Gasteiger partial charge in [-0.25, -0.2) is 4.68 Å². The highest BCUT2D eigenvalue weighted by molar-refractivity contribution is 8.00. The molecule has 1 heterocycles. The van der Waals surface area contributed by atoms with Gasteiger partial charge < -0.3 is 5.32 Å². The Morgan fingerprint density at radius 3 is 2.48 bits per heavy atom. The Balaban J connectivity index is 2.25. The van der Waals surface area contributed by atoms with Crippen molar-refractivity contribution in [2.45, 2.75) is 18.6 Å². The number of carbonyl (C=O) groups is 1. The Morgan fingerprint density at radius 1 is 1.20 bits per heavy atom. The molecule has 0 atom stereocenters. The standard InChI is InChI=1S/C14H11F6N3OS/c1-8-5-11(21-12(24)7-25-14(18,19)20)23(22-8)10-4-2-3-9(6-10)13(15,16)17/h2-6H,7H2,1H3,(H,21,24). The predicted octanol–water partition coefficient (Wildman–Crippen LogP) is 4.39. The van der Waals surface area contributed by atoms with E-state index in [-0.39, 0.29) is 11.5 Å². The number of hydrogen-bond acceptors (Lipinski definition) is 3. The van der Waals surface area contributed by atoms with E-state index in [1.165, 1.54) is 25.1 Å². The molecule has 25 heavy (non-hydrogen) atoms. The van der Waals surface area contributed by atoms with Crippen molar-refractivity contribution in [1.29, 1.82) is 0 Å². The number of benzene rings is 1. The van der Waals surface area contributed by atoms with Crippen molar-refractivity contribution >= 4 is 23.5 Å². The summed E-state index contributed by atoms with van der Waals surface area (Å²) in [4.78, 5) is 11.6. The Bertz CT molecular complexity index is 769. The lowest BCUT2D eigenvalue weighted by atomic mass is 10.2. The van der Waals surface area contributed by atoms with Gasteiger partial charge >= 0.3 is 11.7 Å². The molecule has 0 unspecified atom stereocenters. The molecule has 1 N–H and O–H groups in total. The fraction of sp³-hybridized carbons (Fsp3) is 0.286. The van der Waals surface area contributed by atoms with Gasteiger partial charge in [0.05, 0.1) is 22.7 Å². The average Bonchev–Trinajstić information content (AvgIpc) is 2.84. The number of anilines is 1. The van der Waals surface area contributed by atoms with Gasteiger partial charge in [-0.3, -0.25) is 4.79 Å². The Morgan fingerprint density at radius 2 is 1.88 bits per heavy atom. The minimum absolute atomic E-state index is 0.0155. The van der Waals surface area contributed by atoms with Crippen LogP contribution in [0, 0.1) is 6.92 Å². The number of carbonyl (C=O) groups excluding carboxylic acids is 1. The van der Waals surface area contributed by atoms with Gasteiger partial charge in [-0.1, -0.05) is 6.07 Å². The van der Waals surface area contributed by atoms with Gasteiger partial charge in [-0.15, -0.1) is 0 Å². The number of nitrogens with zero attached hydrogens (tertiary/aromatic N) is 2. The van der Waals surface area contributed by atoms with Crippen molar-refractivity contribution in [3.63, 3.8) is 0 Å². The first-order valence-corrected chi connectivity index (χ1v) is 7.69. The molecule has 11 heteroatoms. The fourth-order valence-corrected chi connectivity index (χ4v) is 2.29. The lowest BCUT2D eigenvalue weighted by molar-refractivity contribution is -0.137. The van der Waals surface area contributed by atoms with Crippen LogP contribution >= 0.6 is 11.8 Å². The molecule has 0 radical (unpaired) electrons. The van der Waals surface area contributed by atoms with Gasteiger partial charge in [0.15, 0.2) is 0 Å². The molecule has 0 saturated carbocycles. The molecule has 0 aliphatic carbocycles. The molecule has 0 saturated heterocycles. The summed E-state index contributed by atoms with van der Waals surface area (Å²) in [7, 11) is 0. The quantitative estimate of drug-likeness (QED) is 0.797. The number of amides is 1. The minimum Gasteiger partial charge on any atom is -0.310 e. The molecule has 0 aliphatic rings. The van der Waals surface area contributed by atoms with Crippen molar-refractivity contribution in [2.24, 2.45) is 0 Å². The highest BCUT2D eigenvalue weighted by atomic mass is 32.2. The molecular formula is C14H11F6N3OS. The third-order valence-corrected chi connectivity index (χ3v) is 3.62. The molecule has 1 amide bonds. The van der Waals surface area contributed by atoms with Gasteiger partial charge in [-0.2, -0.15) is 31.4 Å². The zero-order chi connectivity index (χ0) is 18.8. The Hall–Kier alpha value is -2.17. The molecule has 0 spiro atoms. The van der Waals surface area contributed by atoms with Crippen LogP contribution in [-0.4, -0.2) is 26.9 Å². The second kappa shape index (κ2) is 6.98. The second-order valence-corrected chi connectivity index (χ2v) is 5.95. The van der Waals surface area contributed by atoms with Crippen molar-refractivity contribution in [3.8, 4) is 5.69 Å². The van der Waals surface area contributed by atoms with E-state index in [1.54, 1.807) is 0 Å². The van der Waals surface area contributed by atoms with Crippen LogP contribution in [0.4, 0.5) is 32.2 Å². The summed E-state index contributed by atoms with van der Waals surface area (Å²) in [6.07, 6.45) is -4.56. The van der Waals surface area contributed by atoms with E-state index in [0.29, 0.717) is 5.69 Å². The molecule has 2 rings (SSSR count). The first-order chi connectivity index (χ1) is 11.5. The summed E-state index contributed by atoms with van der Waals surface area (Å²) < 4.78 is 75.8. The summed E-state index contributed by atoms with van der Waals surface area (Å²) in [5.41, 5.74) is -5.09. The number of alkyl halides is 6. The SMILES string of the molecule is Cc1cc(NC(=O)CSC(F)(F)F)n(-c2cccc(C(F)(F)F)c2)n1. The third kappa shape index (κ3) is 5.41. The van der Waals surface area contributed by atoms with E-state index in [4.69, 9.17) is 0 Å². The summed E-state index contributed by atoms with van der Waals surface area (Å²) in [6.45, 7) is 1.53. The number of aromatic nitrogens is 2. The molecule has 2 aromatic rings. The Labute approximate surface area is 142 Å². The van der Waals surface area contributed by atoms with Crippen molar-refractivity contribution < 1.29 is 31.1 Å². The molecule has 0 fully saturated rings. The van der Waals surface area contributed by atoms with Crippen LogP contribution in [0.3, 0.4) is 0 Å². The maximum absolute atomic E-state index is 12.8. The summed E-state index contributed by atoms with van der Waals surface area (Å²) >= 11 is -0.515. The number of hydrogen-bond donors (Lipinski definition) is 1. The zero-order valence-electron chi connectivity index (χ0n) is 12.6. The summed E-state index contributed by atoms with van der Waals surface area (Å²) in [5, 5.41) is 6.19. The van der Waals surface area contributed by atoms with Gasteiger partial charge in [0, 0.05) is 6.07 Å². The zero-order valence-corrected chi connectivity index (χ0v) is 13.4. The normalized spacial score (nSPS) is 12.3. The van der Waals surface area contributed by atoms with Crippen molar-refractivity contribution in [1.82, 2.24) is 9.78 Å². The topological polar surface area (TPSA) is 46.9 Å². The van der Waals surface area contributed by atoms with Crippen LogP contribution in [0.25, 0.3) is 5.69 Å². The lowest BCUT2D eigenvalue weighted by Gasteiger charge is -2.12. The van der Waals surface area contributed by atoms with Crippen LogP contribution in [0.15, 0.2) is 30.3 Å². The first kappa shape index (κ1) is 19.2. The number of aryl methyl sites for hydroxylation is 1. The van der Waals surface area contributed by atoms with Gasteiger partial charge in [0.1, 0.15) is 5.82 Å². The van der Waals surface area contributed by atoms with E-state index in [9.17, 15) is 31.1 Å². The summed E-state index contributed by atoms with van der Waals surface area (Å²) in [6, 6.07) is 5.54. The van der Waals surface area contributed by atoms with Crippen molar-refractivity contribution in [2.75, 3.05) is 11.1 Å².